The number of hydrogen-bond donors (Lipinski definition) is 2. The number of piperidine rings is 1. The molecule has 118 valence electrons. The molecular weight excluding hydrogens is 258 g/mol. The van der Waals surface area contributed by atoms with E-state index >= 15 is 0 Å². The number of nitrogens with one attached hydrogen (secondary N) is 1. The van der Waals surface area contributed by atoms with Crippen LogP contribution in [0.15, 0.2) is 5.10 Å². The topological polar surface area (TPSA) is 50.4 Å². The van der Waals surface area contributed by atoms with Gasteiger partial charge in [0.05, 0.1) is 0 Å². The molecule has 3 aliphatic carbocycles. The van der Waals surface area contributed by atoms with E-state index < -0.39 is 0 Å². The first-order valence-corrected chi connectivity index (χ1v) is 9.10. The van der Waals surface area contributed by atoms with Gasteiger partial charge in [-0.2, -0.15) is 5.10 Å². The Morgan fingerprint density at radius 1 is 1.10 bits per heavy atom. The monoisotopic (exact) mass is 289 g/mol. The summed E-state index contributed by atoms with van der Waals surface area (Å²) in [5.41, 5.74) is 2.19. The molecule has 1 heterocycles. The van der Waals surface area contributed by atoms with Gasteiger partial charge < -0.3 is 11.2 Å². The number of hydrogen-bond acceptors (Lipinski definition) is 3. The van der Waals surface area contributed by atoms with E-state index in [9.17, 15) is 0 Å². The zero-order valence-corrected chi connectivity index (χ0v) is 13.7. The number of fused-ring (bicyclic) bond motifs is 5. The molecule has 1 aliphatic heterocycles. The number of rotatable bonds is 0. The van der Waals surface area contributed by atoms with Crippen LogP contribution in [0.3, 0.4) is 0 Å². The fraction of sp³-hybridized carbons (Fsp3) is 0.944. The molecule has 3 N–H and O–H groups in total. The molecule has 21 heavy (non-hydrogen) atoms. The van der Waals surface area contributed by atoms with Gasteiger partial charge in [0.15, 0.2) is 0 Å². The summed E-state index contributed by atoms with van der Waals surface area (Å²) in [7, 11) is 0. The van der Waals surface area contributed by atoms with Crippen LogP contribution in [0.25, 0.3) is 0 Å². The summed E-state index contributed by atoms with van der Waals surface area (Å²) in [6.45, 7) is 6.29. The second-order valence-electron chi connectivity index (χ2n) is 8.64. The largest absolute Gasteiger partial charge is 0.323 e. The summed E-state index contributed by atoms with van der Waals surface area (Å²) < 4.78 is 0. The molecule has 0 unspecified atom stereocenters. The normalized spacial score (nSPS) is 54.9. The van der Waals surface area contributed by atoms with Crippen molar-refractivity contribution >= 4 is 5.71 Å². The molecule has 0 amide bonds. The van der Waals surface area contributed by atoms with E-state index in [1.165, 1.54) is 57.2 Å². The highest BCUT2D eigenvalue weighted by Gasteiger charge is 2.59. The molecule has 0 bridgehead atoms. The van der Waals surface area contributed by atoms with Gasteiger partial charge in [0.25, 0.3) is 0 Å². The minimum Gasteiger partial charge on any atom is -0.323 e. The van der Waals surface area contributed by atoms with Crippen LogP contribution >= 0.6 is 0 Å². The van der Waals surface area contributed by atoms with Gasteiger partial charge >= 0.3 is 0 Å². The van der Waals surface area contributed by atoms with E-state index in [2.05, 4.69) is 24.3 Å². The standard InChI is InChI=1S/C18H31N3/c1-17-9-3-11-20-15(17)6-4-12-13-5-7-16(21-19)18(13,2)10-8-14(12)17/h12-15,20H,3-11,19H2,1-2H3/t12-,13-,14-,15+,17+,18-/m0/s1. The number of nitrogens with two attached hydrogens (primary N) is 1. The summed E-state index contributed by atoms with van der Waals surface area (Å²) in [5, 5.41) is 8.02. The minimum absolute atomic E-state index is 0.321. The molecule has 0 aromatic carbocycles. The molecule has 0 aromatic rings. The van der Waals surface area contributed by atoms with Gasteiger partial charge in [0.1, 0.15) is 0 Å². The molecule has 4 rings (SSSR count). The van der Waals surface area contributed by atoms with Crippen LogP contribution < -0.4 is 11.2 Å². The molecule has 6 atom stereocenters. The highest BCUT2D eigenvalue weighted by atomic mass is 15.1. The molecule has 0 radical (unpaired) electrons. The summed E-state index contributed by atoms with van der Waals surface area (Å²) in [6, 6.07) is 0.779. The highest BCUT2D eigenvalue weighted by molar-refractivity contribution is 5.92. The van der Waals surface area contributed by atoms with Gasteiger partial charge in [-0.3, -0.25) is 0 Å². The molecule has 3 nitrogen and oxygen atoms in total. The fourth-order valence-electron chi connectivity index (χ4n) is 6.90. The predicted octanol–water partition coefficient (Wildman–Crippen LogP) is 3.30. The molecule has 4 aliphatic rings. The number of nitrogens with zero attached hydrogens (tertiary/aromatic N) is 1. The average Bonchev–Trinajstić information content (AvgIpc) is 2.83. The van der Waals surface area contributed by atoms with Crippen LogP contribution in [0.2, 0.25) is 0 Å². The summed E-state index contributed by atoms with van der Waals surface area (Å²) >= 11 is 0. The van der Waals surface area contributed by atoms with Crippen LogP contribution in [-0.2, 0) is 0 Å². The Bertz CT molecular complexity index is 459. The highest BCUT2D eigenvalue weighted by Crippen LogP contribution is 2.63. The first-order valence-electron chi connectivity index (χ1n) is 9.10. The Labute approximate surface area is 129 Å². The van der Waals surface area contributed by atoms with E-state index in [0.29, 0.717) is 10.8 Å². The van der Waals surface area contributed by atoms with E-state index in [1.807, 2.05) is 0 Å². The van der Waals surface area contributed by atoms with Crippen molar-refractivity contribution in [2.24, 2.45) is 39.5 Å². The maximum atomic E-state index is 5.70. The molecule has 1 saturated heterocycles. The van der Waals surface area contributed by atoms with E-state index in [-0.39, 0.29) is 0 Å². The lowest BCUT2D eigenvalue weighted by Crippen LogP contribution is -2.59. The Kier molecular flexibility index (Phi) is 3.15. The third-order valence-corrected chi connectivity index (χ3v) is 8.05. The minimum atomic E-state index is 0.321. The smallest absolute Gasteiger partial charge is 0.0437 e. The van der Waals surface area contributed by atoms with Crippen molar-refractivity contribution in [3.8, 4) is 0 Å². The van der Waals surface area contributed by atoms with Gasteiger partial charge in [-0.15, -0.1) is 0 Å². The number of hydrazone groups is 1. The quantitative estimate of drug-likeness (QED) is 0.531. The lowest BCUT2D eigenvalue weighted by Gasteiger charge is -2.59. The van der Waals surface area contributed by atoms with Crippen molar-refractivity contribution in [3.63, 3.8) is 0 Å². The van der Waals surface area contributed by atoms with Crippen molar-refractivity contribution in [3.05, 3.63) is 0 Å². The Morgan fingerprint density at radius 3 is 2.76 bits per heavy atom. The van der Waals surface area contributed by atoms with Crippen LogP contribution in [0.1, 0.15) is 65.2 Å². The summed E-state index contributed by atoms with van der Waals surface area (Å²) in [5.74, 6) is 8.40. The zero-order valence-electron chi connectivity index (χ0n) is 13.7. The predicted molar refractivity (Wildman–Crippen MR) is 87.0 cm³/mol. The molecule has 0 spiro atoms. The van der Waals surface area contributed by atoms with E-state index in [4.69, 9.17) is 5.84 Å². The molecule has 4 fully saturated rings. The fourth-order valence-corrected chi connectivity index (χ4v) is 6.90. The summed E-state index contributed by atoms with van der Waals surface area (Å²) in [4.78, 5) is 0. The van der Waals surface area contributed by atoms with Crippen LogP contribution in [0.4, 0.5) is 0 Å². The zero-order chi connectivity index (χ0) is 14.7. The lowest BCUT2D eigenvalue weighted by molar-refractivity contribution is -0.0738. The molecular formula is C18H31N3. The van der Waals surface area contributed by atoms with Crippen LogP contribution in [0, 0.1) is 28.6 Å². The van der Waals surface area contributed by atoms with Gasteiger partial charge in [-0.05, 0) is 81.1 Å². The van der Waals surface area contributed by atoms with Crippen molar-refractivity contribution in [1.29, 1.82) is 0 Å². The Morgan fingerprint density at radius 2 is 1.95 bits per heavy atom. The second kappa shape index (κ2) is 4.71. The first-order chi connectivity index (χ1) is 10.1. The lowest BCUT2D eigenvalue weighted by atomic mass is 9.47. The SMILES string of the molecule is C[C@]12CCCN[C@@H]1CC[C@@H]1[C@@H]2CC[C@]2(C)C(=NN)CC[C@@H]12. The second-order valence-corrected chi connectivity index (χ2v) is 8.64. The Hall–Kier alpha value is -0.570. The maximum Gasteiger partial charge on any atom is 0.0437 e. The van der Waals surface area contributed by atoms with Crippen LogP contribution in [-0.4, -0.2) is 18.3 Å². The third-order valence-electron chi connectivity index (χ3n) is 8.05. The molecule has 3 saturated carbocycles. The van der Waals surface area contributed by atoms with Gasteiger partial charge in [-0.1, -0.05) is 13.8 Å². The summed E-state index contributed by atoms with van der Waals surface area (Å²) in [6.07, 6.45) is 10.8. The van der Waals surface area contributed by atoms with Gasteiger partial charge in [0.2, 0.25) is 0 Å². The van der Waals surface area contributed by atoms with E-state index in [1.54, 1.807) is 0 Å². The first kappa shape index (κ1) is 14.0. The molecule has 3 heteroatoms. The van der Waals surface area contributed by atoms with Crippen LogP contribution in [0.5, 0.6) is 0 Å². The van der Waals surface area contributed by atoms with Gasteiger partial charge in [0, 0.05) is 17.2 Å². The third kappa shape index (κ3) is 1.79. The van der Waals surface area contributed by atoms with Gasteiger partial charge in [-0.25, -0.2) is 0 Å². The molecule has 0 aromatic heterocycles. The van der Waals surface area contributed by atoms with Crippen molar-refractivity contribution < 1.29 is 0 Å². The van der Waals surface area contributed by atoms with Crippen molar-refractivity contribution in [2.45, 2.75) is 71.3 Å². The average molecular weight is 289 g/mol. The Balaban J connectivity index is 1.66. The maximum absolute atomic E-state index is 5.70. The van der Waals surface area contributed by atoms with Crippen molar-refractivity contribution in [2.75, 3.05) is 6.54 Å². The van der Waals surface area contributed by atoms with E-state index in [0.717, 1.165) is 30.2 Å². The van der Waals surface area contributed by atoms with Crippen molar-refractivity contribution in [1.82, 2.24) is 5.32 Å².